The van der Waals surface area contributed by atoms with Gasteiger partial charge in [0.2, 0.25) is 11.8 Å². The van der Waals surface area contributed by atoms with Crippen LogP contribution >= 0.6 is 0 Å². The van der Waals surface area contributed by atoms with E-state index in [2.05, 4.69) is 19.2 Å². The molecule has 42 heavy (non-hydrogen) atoms. The van der Waals surface area contributed by atoms with Crippen molar-refractivity contribution >= 4 is 17.8 Å². The molecule has 2 amide bonds. The largest absolute Gasteiger partial charge is 0.489 e. The first-order valence-electron chi connectivity index (χ1n) is 14.8. The van der Waals surface area contributed by atoms with Crippen molar-refractivity contribution in [1.82, 2.24) is 10.2 Å². The molecule has 0 aliphatic rings. The summed E-state index contributed by atoms with van der Waals surface area (Å²) in [5, 5.41) is 12.5. The van der Waals surface area contributed by atoms with Crippen LogP contribution in [-0.4, -0.2) is 46.9 Å². The van der Waals surface area contributed by atoms with E-state index in [1.807, 2.05) is 96.1 Å². The lowest BCUT2D eigenvalue weighted by Crippen LogP contribution is -2.58. The van der Waals surface area contributed by atoms with Gasteiger partial charge in [-0.2, -0.15) is 0 Å². The van der Waals surface area contributed by atoms with Crippen LogP contribution in [0.1, 0.15) is 79.9 Å². The normalized spacial score (nSPS) is 14.6. The zero-order valence-electron chi connectivity index (χ0n) is 27.0. The van der Waals surface area contributed by atoms with E-state index in [4.69, 9.17) is 4.74 Å². The van der Waals surface area contributed by atoms with Gasteiger partial charge >= 0.3 is 5.97 Å². The Hall–Kier alpha value is -3.61. The Bertz CT molecular complexity index is 1230. The SMILES string of the molecule is CC[C@H](C(=O)N[C@H](C(=O)N(C)[C@H](/C=C(\C)C(=O)O)C(C)C)C(C)(C)C)C(C)(C)c1ccc(OCc2ccccc2)cc1. The average molecular weight is 579 g/mol. The molecular weight excluding hydrogens is 528 g/mol. The monoisotopic (exact) mass is 578 g/mol. The highest BCUT2D eigenvalue weighted by Crippen LogP contribution is 2.36. The van der Waals surface area contributed by atoms with Crippen molar-refractivity contribution in [3.8, 4) is 5.75 Å². The van der Waals surface area contributed by atoms with Gasteiger partial charge in [-0.3, -0.25) is 9.59 Å². The van der Waals surface area contributed by atoms with Crippen LogP contribution in [0, 0.1) is 17.3 Å². The van der Waals surface area contributed by atoms with Gasteiger partial charge in [-0.1, -0.05) is 104 Å². The number of amides is 2. The third-order valence-corrected chi connectivity index (χ3v) is 8.08. The van der Waals surface area contributed by atoms with E-state index >= 15 is 0 Å². The van der Waals surface area contributed by atoms with E-state index in [1.54, 1.807) is 18.0 Å². The number of hydrogen-bond donors (Lipinski definition) is 2. The number of carboxylic acids is 1. The van der Waals surface area contributed by atoms with Gasteiger partial charge in [0, 0.05) is 24.0 Å². The van der Waals surface area contributed by atoms with Crippen molar-refractivity contribution in [1.29, 1.82) is 0 Å². The molecule has 3 atom stereocenters. The summed E-state index contributed by atoms with van der Waals surface area (Å²) < 4.78 is 5.95. The summed E-state index contributed by atoms with van der Waals surface area (Å²) in [5.74, 6) is -1.13. The van der Waals surface area contributed by atoms with Gasteiger partial charge in [0.05, 0.1) is 6.04 Å². The standard InChI is InChI=1S/C35H50N2O5/c1-11-28(35(8,9)26-17-19-27(20-18-26)42-22-25-15-13-12-14-16-25)31(38)36-30(34(5,6)7)32(39)37(10)29(23(2)3)21-24(4)33(40)41/h12-21,23,28-30H,11,22H2,1-10H3,(H,36,38)(H,40,41)/b24-21+/t28-,29-,30-/m1/s1. The number of benzene rings is 2. The molecule has 7 heteroatoms. The van der Waals surface area contributed by atoms with E-state index < -0.39 is 34.8 Å². The molecule has 0 unspecified atom stereocenters. The molecule has 0 bridgehead atoms. The molecule has 230 valence electrons. The molecule has 2 aromatic carbocycles. The van der Waals surface area contributed by atoms with E-state index in [1.165, 1.54) is 6.92 Å². The Balaban J connectivity index is 2.26. The summed E-state index contributed by atoms with van der Waals surface area (Å²) in [5.41, 5.74) is 1.17. The highest BCUT2D eigenvalue weighted by Gasteiger charge is 2.41. The number of hydrogen-bond acceptors (Lipinski definition) is 4. The molecule has 2 aromatic rings. The number of nitrogens with zero attached hydrogens (tertiary/aromatic N) is 1. The van der Waals surface area contributed by atoms with Crippen molar-refractivity contribution in [3.05, 3.63) is 77.4 Å². The fourth-order valence-electron chi connectivity index (χ4n) is 5.27. The quantitative estimate of drug-likeness (QED) is 0.261. The molecule has 7 nitrogen and oxygen atoms in total. The van der Waals surface area contributed by atoms with Crippen LogP contribution in [0.15, 0.2) is 66.2 Å². The topological polar surface area (TPSA) is 95.9 Å². The minimum Gasteiger partial charge on any atom is -0.489 e. The fourth-order valence-corrected chi connectivity index (χ4v) is 5.27. The van der Waals surface area contributed by atoms with Crippen molar-refractivity contribution in [2.75, 3.05) is 7.05 Å². The van der Waals surface area contributed by atoms with Gasteiger partial charge in [-0.15, -0.1) is 0 Å². The summed E-state index contributed by atoms with van der Waals surface area (Å²) in [4.78, 5) is 40.8. The molecule has 0 spiro atoms. The maximum Gasteiger partial charge on any atom is 0.331 e. The summed E-state index contributed by atoms with van der Waals surface area (Å²) in [7, 11) is 1.67. The molecular formula is C35H50N2O5. The lowest BCUT2D eigenvalue weighted by molar-refractivity contribution is -0.141. The lowest BCUT2D eigenvalue weighted by atomic mass is 9.71. The molecule has 2 rings (SSSR count). The molecule has 0 saturated carbocycles. The third kappa shape index (κ3) is 8.94. The van der Waals surface area contributed by atoms with Gasteiger partial charge in [0.25, 0.3) is 0 Å². The van der Waals surface area contributed by atoms with Crippen LogP contribution < -0.4 is 10.1 Å². The van der Waals surface area contributed by atoms with Gasteiger partial charge < -0.3 is 20.1 Å². The van der Waals surface area contributed by atoms with Gasteiger partial charge in [0.15, 0.2) is 0 Å². The minimum atomic E-state index is -1.02. The Labute approximate surface area is 252 Å². The number of nitrogens with one attached hydrogen (secondary N) is 1. The van der Waals surface area contributed by atoms with E-state index in [0.717, 1.165) is 16.9 Å². The third-order valence-electron chi connectivity index (χ3n) is 8.08. The van der Waals surface area contributed by atoms with Crippen molar-refractivity contribution in [2.24, 2.45) is 17.3 Å². The molecule has 0 aliphatic carbocycles. The fraction of sp³-hybridized carbons (Fsp3) is 0.514. The summed E-state index contributed by atoms with van der Waals surface area (Å²) >= 11 is 0. The Morgan fingerprint density at radius 3 is 2.02 bits per heavy atom. The molecule has 0 heterocycles. The van der Waals surface area contributed by atoms with Gasteiger partial charge in [-0.05, 0) is 47.9 Å². The number of likely N-dealkylation sites (N-methyl/N-ethyl adjacent to an activating group) is 1. The van der Waals surface area contributed by atoms with Crippen LogP contribution in [0.4, 0.5) is 0 Å². The number of carboxylic acid groups (broad SMARTS) is 1. The Morgan fingerprint density at radius 2 is 1.55 bits per heavy atom. The number of carbonyl (C=O) groups is 3. The molecule has 0 radical (unpaired) electrons. The first-order valence-corrected chi connectivity index (χ1v) is 14.8. The lowest BCUT2D eigenvalue weighted by Gasteiger charge is -2.39. The number of carbonyl (C=O) groups excluding carboxylic acids is 2. The number of ether oxygens (including phenoxy) is 1. The van der Waals surface area contributed by atoms with Crippen molar-refractivity contribution in [2.45, 2.75) is 92.8 Å². The zero-order chi connectivity index (χ0) is 31.8. The van der Waals surface area contributed by atoms with Crippen LogP contribution in [0.25, 0.3) is 0 Å². The highest BCUT2D eigenvalue weighted by molar-refractivity contribution is 5.90. The Kier molecular flexibility index (Phi) is 12.0. The van der Waals surface area contributed by atoms with Crippen LogP contribution in [0.2, 0.25) is 0 Å². The van der Waals surface area contributed by atoms with Crippen LogP contribution in [0.5, 0.6) is 5.75 Å². The minimum absolute atomic E-state index is 0.0217. The molecule has 0 saturated heterocycles. The molecule has 0 aliphatic heterocycles. The predicted octanol–water partition coefficient (Wildman–Crippen LogP) is 6.61. The summed E-state index contributed by atoms with van der Waals surface area (Å²) in [6.07, 6.45) is 2.19. The van der Waals surface area contributed by atoms with E-state index in [9.17, 15) is 19.5 Å². The second kappa shape index (κ2) is 14.5. The summed E-state index contributed by atoms with van der Waals surface area (Å²) in [6.45, 7) is 17.7. The first kappa shape index (κ1) is 34.6. The smallest absolute Gasteiger partial charge is 0.331 e. The van der Waals surface area contributed by atoms with Crippen LogP contribution in [0.3, 0.4) is 0 Å². The van der Waals surface area contributed by atoms with Crippen molar-refractivity contribution in [3.63, 3.8) is 0 Å². The number of aliphatic carboxylic acids is 1. The number of rotatable bonds is 13. The molecule has 2 N–H and O–H groups in total. The van der Waals surface area contributed by atoms with Crippen molar-refractivity contribution < 1.29 is 24.2 Å². The zero-order valence-corrected chi connectivity index (χ0v) is 27.0. The second-order valence-electron chi connectivity index (χ2n) is 13.1. The first-order chi connectivity index (χ1) is 19.5. The van der Waals surface area contributed by atoms with Gasteiger partial charge in [0.1, 0.15) is 18.4 Å². The van der Waals surface area contributed by atoms with Gasteiger partial charge in [-0.25, -0.2) is 4.79 Å². The Morgan fingerprint density at radius 1 is 0.976 bits per heavy atom. The van der Waals surface area contributed by atoms with E-state index in [-0.39, 0.29) is 23.3 Å². The summed E-state index contributed by atoms with van der Waals surface area (Å²) in [6, 6.07) is 16.6. The maximum absolute atomic E-state index is 13.9. The maximum atomic E-state index is 13.9. The van der Waals surface area contributed by atoms with E-state index in [0.29, 0.717) is 13.0 Å². The average Bonchev–Trinajstić information content (AvgIpc) is 2.92. The van der Waals surface area contributed by atoms with Crippen LogP contribution in [-0.2, 0) is 26.4 Å². The highest BCUT2D eigenvalue weighted by atomic mass is 16.5. The molecule has 0 aromatic heterocycles. The second-order valence-corrected chi connectivity index (χ2v) is 13.1. The molecule has 0 fully saturated rings. The predicted molar refractivity (Wildman–Crippen MR) is 168 cm³/mol.